The van der Waals surface area contributed by atoms with Crippen LogP contribution < -0.4 is 0 Å². The number of hydrogen-bond donors (Lipinski definition) is 0. The minimum Gasteiger partial charge on any atom is -0.434 e. The Morgan fingerprint density at radius 2 is 2.25 bits per heavy atom. The minimum absolute atomic E-state index is 0.303. The fourth-order valence-corrected chi connectivity index (χ4v) is 0.743. The van der Waals surface area contributed by atoms with Gasteiger partial charge >= 0.3 is 6.92 Å². The second kappa shape index (κ2) is 3.10. The first-order valence-electron chi connectivity index (χ1n) is 3.09. The van der Waals surface area contributed by atoms with E-state index in [0.717, 1.165) is 26.1 Å². The summed E-state index contributed by atoms with van der Waals surface area (Å²) in [6, 6.07) is 0. The van der Waals surface area contributed by atoms with Crippen LogP contribution in [0.3, 0.4) is 0 Å². The lowest BCUT2D eigenvalue weighted by molar-refractivity contribution is 0.179. The lowest BCUT2D eigenvalue weighted by Gasteiger charge is -2.00. The molecule has 0 atom stereocenters. The molecule has 0 unspecified atom stereocenters. The van der Waals surface area contributed by atoms with E-state index in [1.54, 1.807) is 0 Å². The number of ether oxygens (including phenoxy) is 1. The smallest absolute Gasteiger partial charge is 0.315 e. The van der Waals surface area contributed by atoms with Crippen LogP contribution >= 0.6 is 0 Å². The van der Waals surface area contributed by atoms with Gasteiger partial charge in [-0.1, -0.05) is 6.82 Å². The summed E-state index contributed by atoms with van der Waals surface area (Å²) in [5, 5.41) is 0. The molecule has 1 fully saturated rings. The first-order valence-corrected chi connectivity index (χ1v) is 3.09. The zero-order valence-corrected chi connectivity index (χ0v) is 5.22. The van der Waals surface area contributed by atoms with Crippen LogP contribution in [0.4, 0.5) is 0 Å². The van der Waals surface area contributed by atoms with Gasteiger partial charge in [-0.15, -0.1) is 0 Å². The molecule has 0 saturated carbocycles. The van der Waals surface area contributed by atoms with Crippen molar-refractivity contribution in [3.05, 3.63) is 0 Å². The Bertz CT molecular complexity index is 59.4. The molecule has 8 heavy (non-hydrogen) atoms. The molecular formula is C5H11BO2. The molecule has 1 aliphatic heterocycles. The van der Waals surface area contributed by atoms with Crippen molar-refractivity contribution in [1.82, 2.24) is 0 Å². The molecule has 0 spiro atoms. The van der Waals surface area contributed by atoms with Gasteiger partial charge in [-0.05, 0) is 6.42 Å². The van der Waals surface area contributed by atoms with Gasteiger partial charge in [-0.25, -0.2) is 0 Å². The van der Waals surface area contributed by atoms with E-state index in [4.69, 9.17) is 9.39 Å². The lowest BCUT2D eigenvalue weighted by Crippen LogP contribution is -2.17. The molecule has 0 radical (unpaired) electrons. The van der Waals surface area contributed by atoms with Gasteiger partial charge in [0.25, 0.3) is 0 Å². The quantitative estimate of drug-likeness (QED) is 0.429. The zero-order chi connectivity index (χ0) is 5.82. The molecule has 3 heteroatoms. The Labute approximate surface area is 50.3 Å². The molecule has 1 rings (SSSR count). The summed E-state index contributed by atoms with van der Waals surface area (Å²) in [5.74, 6) is 0. The lowest BCUT2D eigenvalue weighted by atomic mass is 9.73. The van der Waals surface area contributed by atoms with Crippen LogP contribution in [0.5, 0.6) is 0 Å². The molecule has 1 aliphatic rings. The van der Waals surface area contributed by atoms with E-state index in [-0.39, 0.29) is 0 Å². The van der Waals surface area contributed by atoms with Crippen molar-refractivity contribution >= 4 is 6.92 Å². The Balaban J connectivity index is 2.17. The maximum atomic E-state index is 5.28. The topological polar surface area (TPSA) is 18.5 Å². The maximum absolute atomic E-state index is 5.28. The normalized spacial score (nSPS) is 22.9. The van der Waals surface area contributed by atoms with E-state index < -0.39 is 0 Å². The molecule has 1 saturated heterocycles. The molecule has 0 aromatic carbocycles. The second-order valence-corrected chi connectivity index (χ2v) is 2.11. The SMILES string of the molecule is CB1COCCCO1. The summed E-state index contributed by atoms with van der Waals surface area (Å²) in [6.45, 7) is 4.83. The monoisotopic (exact) mass is 114 g/mol. The molecule has 2 nitrogen and oxygen atoms in total. The average molecular weight is 114 g/mol. The minimum atomic E-state index is 0.303. The standard InChI is InChI=1S/C5H11BO2/c1-6-5-7-3-2-4-8-6/h2-5H2,1H3. The largest absolute Gasteiger partial charge is 0.434 e. The third-order valence-electron chi connectivity index (χ3n) is 1.19. The summed E-state index contributed by atoms with van der Waals surface area (Å²) in [5.41, 5.74) is 0. The molecule has 0 aromatic heterocycles. The van der Waals surface area contributed by atoms with Crippen molar-refractivity contribution in [3.63, 3.8) is 0 Å². The molecule has 1 heterocycles. The van der Waals surface area contributed by atoms with E-state index >= 15 is 0 Å². The summed E-state index contributed by atoms with van der Waals surface area (Å²) in [6.07, 6.45) is 1.05. The molecule has 46 valence electrons. The Kier molecular flexibility index (Phi) is 2.37. The van der Waals surface area contributed by atoms with Gasteiger partial charge < -0.3 is 9.39 Å². The van der Waals surface area contributed by atoms with Crippen LogP contribution in [-0.2, 0) is 9.39 Å². The van der Waals surface area contributed by atoms with Crippen LogP contribution in [0.1, 0.15) is 6.42 Å². The van der Waals surface area contributed by atoms with Gasteiger partial charge in [-0.3, -0.25) is 0 Å². The predicted octanol–water partition coefficient (Wildman–Crippen LogP) is 0.584. The number of hydrogen-bond acceptors (Lipinski definition) is 2. The van der Waals surface area contributed by atoms with Gasteiger partial charge in [0.1, 0.15) is 0 Å². The van der Waals surface area contributed by atoms with Crippen LogP contribution in [-0.4, -0.2) is 26.6 Å². The Morgan fingerprint density at radius 3 is 3.12 bits per heavy atom. The van der Waals surface area contributed by atoms with E-state index in [9.17, 15) is 0 Å². The van der Waals surface area contributed by atoms with Crippen molar-refractivity contribution in [2.45, 2.75) is 13.2 Å². The van der Waals surface area contributed by atoms with Gasteiger partial charge in [0.05, 0.1) is 6.51 Å². The van der Waals surface area contributed by atoms with Gasteiger partial charge in [0, 0.05) is 13.2 Å². The maximum Gasteiger partial charge on any atom is 0.315 e. The van der Waals surface area contributed by atoms with Crippen LogP contribution in [0.15, 0.2) is 0 Å². The van der Waals surface area contributed by atoms with Crippen molar-refractivity contribution < 1.29 is 9.39 Å². The first kappa shape index (κ1) is 6.11. The molecule has 0 N–H and O–H groups in total. The van der Waals surface area contributed by atoms with Crippen molar-refractivity contribution in [3.8, 4) is 0 Å². The molecular weight excluding hydrogens is 103 g/mol. The highest BCUT2D eigenvalue weighted by Gasteiger charge is 2.10. The highest BCUT2D eigenvalue weighted by Crippen LogP contribution is 1.96. The molecule has 0 aliphatic carbocycles. The Morgan fingerprint density at radius 1 is 1.38 bits per heavy atom. The summed E-state index contributed by atoms with van der Waals surface area (Å²) < 4.78 is 10.5. The highest BCUT2D eigenvalue weighted by molar-refractivity contribution is 6.50. The van der Waals surface area contributed by atoms with Gasteiger partial charge in [0.2, 0.25) is 0 Å². The van der Waals surface area contributed by atoms with Gasteiger partial charge in [0.15, 0.2) is 0 Å². The van der Waals surface area contributed by atoms with Crippen molar-refractivity contribution in [1.29, 1.82) is 0 Å². The summed E-state index contributed by atoms with van der Waals surface area (Å²) in [4.78, 5) is 0. The van der Waals surface area contributed by atoms with Crippen LogP contribution in [0, 0.1) is 0 Å². The van der Waals surface area contributed by atoms with E-state index in [1.165, 1.54) is 0 Å². The average Bonchev–Trinajstić information content (AvgIpc) is 1.94. The van der Waals surface area contributed by atoms with Crippen LogP contribution in [0.25, 0.3) is 0 Å². The van der Waals surface area contributed by atoms with E-state index in [2.05, 4.69) is 0 Å². The second-order valence-electron chi connectivity index (χ2n) is 2.11. The third kappa shape index (κ3) is 1.84. The Hall–Kier alpha value is -0.0151. The summed E-state index contributed by atoms with van der Waals surface area (Å²) >= 11 is 0. The fourth-order valence-electron chi connectivity index (χ4n) is 0.743. The molecule has 0 amide bonds. The summed E-state index contributed by atoms with van der Waals surface area (Å²) in [7, 11) is 0. The third-order valence-corrected chi connectivity index (χ3v) is 1.19. The highest BCUT2D eigenvalue weighted by atomic mass is 16.5. The van der Waals surface area contributed by atoms with Crippen molar-refractivity contribution in [2.24, 2.45) is 0 Å². The molecule has 0 bridgehead atoms. The van der Waals surface area contributed by atoms with E-state index in [0.29, 0.717) is 6.92 Å². The number of rotatable bonds is 0. The first-order chi connectivity index (χ1) is 3.89. The van der Waals surface area contributed by atoms with E-state index in [1.807, 2.05) is 6.82 Å². The zero-order valence-electron chi connectivity index (χ0n) is 5.22. The van der Waals surface area contributed by atoms with Crippen molar-refractivity contribution in [2.75, 3.05) is 19.7 Å². The van der Waals surface area contributed by atoms with Crippen LogP contribution in [0.2, 0.25) is 6.82 Å². The predicted molar refractivity (Wildman–Crippen MR) is 33.0 cm³/mol. The molecule has 0 aromatic rings. The fraction of sp³-hybridized carbons (Fsp3) is 1.00. The van der Waals surface area contributed by atoms with Gasteiger partial charge in [-0.2, -0.15) is 0 Å².